The second-order valence-corrected chi connectivity index (χ2v) is 8.10. The second kappa shape index (κ2) is 11.3. The van der Waals surface area contributed by atoms with Crippen molar-refractivity contribution in [3.05, 3.63) is 72.3 Å². The van der Waals surface area contributed by atoms with E-state index in [9.17, 15) is 19.5 Å². The molecule has 0 saturated heterocycles. The number of nitrogens with one attached hydrogen (secondary N) is 2. The van der Waals surface area contributed by atoms with Crippen molar-refractivity contribution in [1.29, 1.82) is 0 Å². The van der Waals surface area contributed by atoms with Crippen LogP contribution in [0.5, 0.6) is 0 Å². The van der Waals surface area contributed by atoms with E-state index in [0.717, 1.165) is 22.3 Å². The number of carbonyl (C=O) groups excluding carboxylic acids is 2. The number of carboxylic acid groups (broad SMARTS) is 1. The maximum atomic E-state index is 12.5. The van der Waals surface area contributed by atoms with Crippen LogP contribution in [0.2, 0.25) is 0 Å². The monoisotopic (exact) mass is 450 g/mol. The lowest BCUT2D eigenvalue weighted by atomic mass is 9.98. The average molecular weight is 451 g/mol. The standard InChI is InChI=1S/C26H30N2O5/c1-3-5-14-23(25(30)31)28-24(29)15-17(4-2)27-26(32)33-16-22-20-12-8-6-10-18(20)19-11-7-9-13-21(19)22/h3,6-13,17,22-23H,1,4-5,14-16H2,2H3,(H,27,32)(H,28,29)(H,30,31). The fourth-order valence-electron chi connectivity index (χ4n) is 4.12. The number of rotatable bonds is 11. The Hall–Kier alpha value is -3.61. The van der Waals surface area contributed by atoms with E-state index in [2.05, 4.69) is 29.3 Å². The minimum atomic E-state index is -1.09. The molecule has 0 radical (unpaired) electrons. The average Bonchev–Trinajstić information content (AvgIpc) is 3.13. The van der Waals surface area contributed by atoms with Crippen molar-refractivity contribution in [2.75, 3.05) is 6.61 Å². The molecule has 2 atom stereocenters. The quantitative estimate of drug-likeness (QED) is 0.445. The topological polar surface area (TPSA) is 105 Å². The molecule has 0 fully saturated rings. The van der Waals surface area contributed by atoms with Crippen molar-refractivity contribution in [2.24, 2.45) is 0 Å². The van der Waals surface area contributed by atoms with E-state index in [0.29, 0.717) is 12.8 Å². The highest BCUT2D eigenvalue weighted by Gasteiger charge is 2.29. The van der Waals surface area contributed by atoms with Gasteiger partial charge in [-0.2, -0.15) is 0 Å². The number of benzene rings is 2. The van der Waals surface area contributed by atoms with Crippen LogP contribution in [0.3, 0.4) is 0 Å². The maximum absolute atomic E-state index is 12.5. The van der Waals surface area contributed by atoms with Crippen molar-refractivity contribution in [1.82, 2.24) is 10.6 Å². The summed E-state index contributed by atoms with van der Waals surface area (Å²) >= 11 is 0. The molecule has 2 amide bonds. The van der Waals surface area contributed by atoms with Crippen LogP contribution in [-0.4, -0.2) is 41.8 Å². The number of allylic oxidation sites excluding steroid dienone is 1. The van der Waals surface area contributed by atoms with Crippen molar-refractivity contribution in [2.45, 2.75) is 50.6 Å². The third-order valence-electron chi connectivity index (χ3n) is 5.88. The lowest BCUT2D eigenvalue weighted by Crippen LogP contribution is -2.44. The van der Waals surface area contributed by atoms with E-state index in [-0.39, 0.29) is 25.4 Å². The van der Waals surface area contributed by atoms with Crippen LogP contribution < -0.4 is 10.6 Å². The Labute approximate surface area is 193 Å². The lowest BCUT2D eigenvalue weighted by Gasteiger charge is -2.20. The minimum absolute atomic E-state index is 0.0292. The number of ether oxygens (including phenoxy) is 1. The zero-order chi connectivity index (χ0) is 23.8. The summed E-state index contributed by atoms with van der Waals surface area (Å²) in [7, 11) is 0. The fourth-order valence-corrected chi connectivity index (χ4v) is 4.12. The van der Waals surface area contributed by atoms with Gasteiger partial charge in [-0.05, 0) is 41.5 Å². The van der Waals surface area contributed by atoms with Gasteiger partial charge in [0.1, 0.15) is 12.6 Å². The molecule has 33 heavy (non-hydrogen) atoms. The summed E-state index contributed by atoms with van der Waals surface area (Å²) in [5, 5.41) is 14.5. The Morgan fingerprint density at radius 3 is 2.21 bits per heavy atom. The number of carboxylic acids is 1. The highest BCUT2D eigenvalue weighted by Crippen LogP contribution is 2.44. The van der Waals surface area contributed by atoms with Gasteiger partial charge in [0.15, 0.2) is 0 Å². The maximum Gasteiger partial charge on any atom is 0.407 e. The molecular formula is C26H30N2O5. The largest absolute Gasteiger partial charge is 0.480 e. The van der Waals surface area contributed by atoms with E-state index in [1.807, 2.05) is 43.3 Å². The normalized spacial score (nSPS) is 13.8. The summed E-state index contributed by atoms with van der Waals surface area (Å²) < 4.78 is 5.54. The highest BCUT2D eigenvalue weighted by atomic mass is 16.5. The third-order valence-corrected chi connectivity index (χ3v) is 5.88. The molecule has 0 heterocycles. The molecule has 0 aromatic heterocycles. The van der Waals surface area contributed by atoms with Gasteiger partial charge in [-0.1, -0.05) is 61.5 Å². The van der Waals surface area contributed by atoms with Gasteiger partial charge in [-0.25, -0.2) is 9.59 Å². The smallest absolute Gasteiger partial charge is 0.407 e. The Bertz CT molecular complexity index is 974. The molecule has 0 spiro atoms. The van der Waals surface area contributed by atoms with E-state index in [1.165, 1.54) is 0 Å². The highest BCUT2D eigenvalue weighted by molar-refractivity contribution is 5.84. The van der Waals surface area contributed by atoms with Gasteiger partial charge in [-0.3, -0.25) is 4.79 Å². The number of amides is 2. The Morgan fingerprint density at radius 1 is 1.06 bits per heavy atom. The molecule has 1 aliphatic rings. The molecule has 0 aliphatic heterocycles. The molecule has 1 aliphatic carbocycles. The molecule has 3 rings (SSSR count). The molecule has 2 aromatic rings. The minimum Gasteiger partial charge on any atom is -0.480 e. The zero-order valence-electron chi connectivity index (χ0n) is 18.8. The third kappa shape index (κ3) is 6.00. The lowest BCUT2D eigenvalue weighted by molar-refractivity contribution is -0.142. The predicted octanol–water partition coefficient (Wildman–Crippen LogP) is 4.23. The van der Waals surface area contributed by atoms with Crippen LogP contribution in [0, 0.1) is 0 Å². The summed E-state index contributed by atoms with van der Waals surface area (Å²) in [5.74, 6) is -1.58. The predicted molar refractivity (Wildman–Crippen MR) is 126 cm³/mol. The summed E-state index contributed by atoms with van der Waals surface area (Å²) in [4.78, 5) is 36.1. The second-order valence-electron chi connectivity index (χ2n) is 8.10. The Morgan fingerprint density at radius 2 is 1.67 bits per heavy atom. The van der Waals surface area contributed by atoms with E-state index < -0.39 is 30.1 Å². The van der Waals surface area contributed by atoms with Crippen LogP contribution >= 0.6 is 0 Å². The molecular weight excluding hydrogens is 420 g/mol. The van der Waals surface area contributed by atoms with Gasteiger partial charge in [0.25, 0.3) is 0 Å². The Kier molecular flexibility index (Phi) is 8.24. The number of hydrogen-bond donors (Lipinski definition) is 3. The summed E-state index contributed by atoms with van der Waals surface area (Å²) in [6.45, 7) is 5.60. The molecule has 3 N–H and O–H groups in total. The van der Waals surface area contributed by atoms with Crippen molar-refractivity contribution < 1.29 is 24.2 Å². The number of alkyl carbamates (subject to hydrolysis) is 1. The summed E-state index contributed by atoms with van der Waals surface area (Å²) in [6.07, 6.45) is 2.22. The van der Waals surface area contributed by atoms with Crippen molar-refractivity contribution >= 4 is 18.0 Å². The van der Waals surface area contributed by atoms with Crippen LogP contribution in [-0.2, 0) is 14.3 Å². The van der Waals surface area contributed by atoms with Crippen LogP contribution in [0.25, 0.3) is 11.1 Å². The van der Waals surface area contributed by atoms with Crippen LogP contribution in [0.4, 0.5) is 4.79 Å². The van der Waals surface area contributed by atoms with Gasteiger partial charge in [-0.15, -0.1) is 6.58 Å². The van der Waals surface area contributed by atoms with Gasteiger partial charge in [0.05, 0.1) is 0 Å². The molecule has 0 bridgehead atoms. The van der Waals surface area contributed by atoms with Gasteiger partial charge < -0.3 is 20.5 Å². The molecule has 7 heteroatoms. The zero-order valence-corrected chi connectivity index (χ0v) is 18.8. The fraction of sp³-hybridized carbons (Fsp3) is 0.346. The first-order valence-corrected chi connectivity index (χ1v) is 11.2. The van der Waals surface area contributed by atoms with Crippen molar-refractivity contribution in [3.63, 3.8) is 0 Å². The number of aliphatic carboxylic acids is 1. The van der Waals surface area contributed by atoms with Gasteiger partial charge in [0, 0.05) is 18.4 Å². The summed E-state index contributed by atoms with van der Waals surface area (Å²) in [5.41, 5.74) is 4.54. The molecule has 2 unspecified atom stereocenters. The first-order chi connectivity index (χ1) is 15.9. The number of fused-ring (bicyclic) bond motifs is 3. The molecule has 0 saturated carbocycles. The SMILES string of the molecule is C=CCCC(NC(=O)CC(CC)NC(=O)OCC1c2ccccc2-c2ccccc21)C(=O)O. The van der Waals surface area contributed by atoms with E-state index in [4.69, 9.17) is 4.74 Å². The van der Waals surface area contributed by atoms with E-state index >= 15 is 0 Å². The van der Waals surface area contributed by atoms with Crippen LogP contribution in [0.1, 0.15) is 49.7 Å². The van der Waals surface area contributed by atoms with E-state index in [1.54, 1.807) is 6.08 Å². The van der Waals surface area contributed by atoms with Gasteiger partial charge in [0.2, 0.25) is 5.91 Å². The van der Waals surface area contributed by atoms with Crippen molar-refractivity contribution in [3.8, 4) is 11.1 Å². The number of hydrogen-bond acceptors (Lipinski definition) is 4. The first kappa shape index (κ1) is 24.0. The van der Waals surface area contributed by atoms with Gasteiger partial charge >= 0.3 is 12.1 Å². The molecule has 2 aromatic carbocycles. The summed E-state index contributed by atoms with van der Waals surface area (Å²) in [6, 6.07) is 14.7. The Balaban J connectivity index is 1.55. The molecule has 7 nitrogen and oxygen atoms in total. The first-order valence-electron chi connectivity index (χ1n) is 11.2. The van der Waals surface area contributed by atoms with Crippen LogP contribution in [0.15, 0.2) is 61.2 Å². The number of carbonyl (C=O) groups is 3. The molecule has 174 valence electrons.